The highest BCUT2D eigenvalue weighted by molar-refractivity contribution is 7.92. The molecule has 1 saturated heterocycles. The normalized spacial score (nSPS) is 16.1. The number of carbonyl (C=O) groups excluding carboxylic acids is 3. The van der Waals surface area contributed by atoms with Crippen molar-refractivity contribution >= 4 is 27.4 Å². The van der Waals surface area contributed by atoms with E-state index in [1.807, 2.05) is 0 Å². The predicted molar refractivity (Wildman–Crippen MR) is 147 cm³/mol. The van der Waals surface area contributed by atoms with Crippen LogP contribution in [-0.2, 0) is 25.2 Å². The highest BCUT2D eigenvalue weighted by Gasteiger charge is 2.49. The number of hydrogen-bond donors (Lipinski definition) is 1. The van der Waals surface area contributed by atoms with Gasteiger partial charge in [0.1, 0.15) is 0 Å². The summed E-state index contributed by atoms with van der Waals surface area (Å²) < 4.78 is 31.0. The van der Waals surface area contributed by atoms with Gasteiger partial charge >= 0.3 is 0 Å². The molecule has 0 saturated carbocycles. The molecule has 1 fully saturated rings. The van der Waals surface area contributed by atoms with Crippen molar-refractivity contribution in [2.24, 2.45) is 0 Å². The second kappa shape index (κ2) is 12.5. The minimum absolute atomic E-state index is 0.106. The van der Waals surface area contributed by atoms with Crippen LogP contribution < -0.4 is 5.32 Å². The molecule has 3 aromatic rings. The summed E-state index contributed by atoms with van der Waals surface area (Å²) in [4.78, 5) is 45.8. The zero-order chi connectivity index (χ0) is 28.8. The Morgan fingerprint density at radius 3 is 2.35 bits per heavy atom. The van der Waals surface area contributed by atoms with Crippen molar-refractivity contribution < 1.29 is 27.2 Å². The fourth-order valence-electron chi connectivity index (χ4n) is 4.58. The lowest BCUT2D eigenvalue weighted by Crippen LogP contribution is -2.57. The summed E-state index contributed by atoms with van der Waals surface area (Å²) in [5.41, 5.74) is 1.05. The second-order valence-corrected chi connectivity index (χ2v) is 12.5. The molecule has 1 N–H and O–H groups in total. The lowest BCUT2D eigenvalue weighted by molar-refractivity contribution is -0.135. The van der Waals surface area contributed by atoms with E-state index in [1.54, 1.807) is 54.3 Å². The van der Waals surface area contributed by atoms with Gasteiger partial charge < -0.3 is 14.6 Å². The Balaban J connectivity index is 1.59. The van der Waals surface area contributed by atoms with Gasteiger partial charge in [0.05, 0.1) is 18.2 Å². The fraction of sp³-hybridized carbons (Fsp3) is 0.429. The lowest BCUT2D eigenvalue weighted by atomic mass is 10.0. The molecular formula is C28H33N5O6S. The molecule has 1 aliphatic heterocycles. The van der Waals surface area contributed by atoms with Crippen LogP contribution in [0.2, 0.25) is 0 Å². The van der Waals surface area contributed by atoms with Gasteiger partial charge in [-0.05, 0) is 50.3 Å². The SMILES string of the molecule is CCC(NC(=O)C(C)(CC(=O)N1CCCCC1)S(=O)(=O)Cc1ccccc1)C(=O)c1nnc(-c2ccncc2)o1. The molecule has 4 rings (SSSR count). The van der Waals surface area contributed by atoms with E-state index >= 15 is 0 Å². The van der Waals surface area contributed by atoms with Crippen LogP contribution in [0.25, 0.3) is 11.5 Å². The quantitative estimate of drug-likeness (QED) is 0.345. The third kappa shape index (κ3) is 6.44. The average molecular weight is 568 g/mol. The molecule has 40 heavy (non-hydrogen) atoms. The number of nitrogens with one attached hydrogen (secondary N) is 1. The molecule has 2 unspecified atom stereocenters. The van der Waals surface area contributed by atoms with Crippen molar-refractivity contribution in [1.82, 2.24) is 25.4 Å². The zero-order valence-corrected chi connectivity index (χ0v) is 23.4. The molecule has 1 aliphatic rings. The maximum Gasteiger partial charge on any atom is 0.286 e. The standard InChI is InChI=1S/C28H33N5O6S/c1-3-22(24(35)26-32-31-25(39-26)21-12-14-29-15-13-21)30-27(36)28(2,18-23(34)33-16-8-5-9-17-33)40(37,38)19-20-10-6-4-7-11-20/h4,6-7,10-15,22H,3,5,8-9,16-19H2,1-2H3,(H,30,36). The summed E-state index contributed by atoms with van der Waals surface area (Å²) >= 11 is 0. The highest BCUT2D eigenvalue weighted by atomic mass is 32.2. The maximum absolute atomic E-state index is 13.8. The fourth-order valence-corrected chi connectivity index (χ4v) is 6.21. The van der Waals surface area contributed by atoms with Crippen LogP contribution in [0.3, 0.4) is 0 Å². The molecule has 0 bridgehead atoms. The van der Waals surface area contributed by atoms with Crippen LogP contribution >= 0.6 is 0 Å². The van der Waals surface area contributed by atoms with Crippen LogP contribution in [0.15, 0.2) is 59.3 Å². The van der Waals surface area contributed by atoms with E-state index in [2.05, 4.69) is 20.5 Å². The summed E-state index contributed by atoms with van der Waals surface area (Å²) in [6, 6.07) is 10.6. The Hall–Kier alpha value is -3.93. The highest BCUT2D eigenvalue weighted by Crippen LogP contribution is 2.29. The van der Waals surface area contributed by atoms with Crippen LogP contribution in [0.5, 0.6) is 0 Å². The number of pyridine rings is 1. The average Bonchev–Trinajstić information content (AvgIpc) is 3.47. The molecule has 0 radical (unpaired) electrons. The van der Waals surface area contributed by atoms with E-state index in [1.165, 1.54) is 19.3 Å². The minimum atomic E-state index is -4.21. The number of rotatable bonds is 11. The Morgan fingerprint density at radius 2 is 1.70 bits per heavy atom. The monoisotopic (exact) mass is 567 g/mol. The third-order valence-corrected chi connectivity index (χ3v) is 9.57. The Bertz CT molecular complexity index is 1440. The van der Waals surface area contributed by atoms with Gasteiger partial charge in [-0.1, -0.05) is 37.3 Å². The summed E-state index contributed by atoms with van der Waals surface area (Å²) in [7, 11) is -4.21. The van der Waals surface area contributed by atoms with E-state index in [9.17, 15) is 22.8 Å². The number of nitrogens with zero attached hydrogens (tertiary/aromatic N) is 4. The van der Waals surface area contributed by atoms with Crippen molar-refractivity contribution in [1.29, 1.82) is 0 Å². The van der Waals surface area contributed by atoms with Crippen LogP contribution in [-0.4, -0.2) is 70.0 Å². The van der Waals surface area contributed by atoms with Crippen molar-refractivity contribution in [3.8, 4) is 11.5 Å². The number of likely N-dealkylation sites (tertiary alicyclic amines) is 1. The number of hydrogen-bond acceptors (Lipinski definition) is 9. The van der Waals surface area contributed by atoms with Crippen LogP contribution in [0.4, 0.5) is 0 Å². The predicted octanol–water partition coefficient (Wildman–Crippen LogP) is 2.99. The van der Waals surface area contributed by atoms with Crippen LogP contribution in [0.1, 0.15) is 62.2 Å². The Labute approximate surface area is 233 Å². The van der Waals surface area contributed by atoms with E-state index in [-0.39, 0.29) is 18.2 Å². The first kappa shape index (κ1) is 29.1. The lowest BCUT2D eigenvalue weighted by Gasteiger charge is -2.33. The molecule has 12 heteroatoms. The van der Waals surface area contributed by atoms with Crippen molar-refractivity contribution in [2.75, 3.05) is 13.1 Å². The molecule has 0 aliphatic carbocycles. The summed E-state index contributed by atoms with van der Waals surface area (Å²) in [6.07, 6.45) is 5.31. The smallest absolute Gasteiger partial charge is 0.286 e. The van der Waals surface area contributed by atoms with Crippen molar-refractivity contribution in [3.05, 3.63) is 66.3 Å². The number of amides is 2. The number of Topliss-reactive ketones (excluding diaryl/α,β-unsaturated/α-hetero) is 1. The topological polar surface area (TPSA) is 152 Å². The number of ketones is 1. The third-order valence-electron chi connectivity index (χ3n) is 7.16. The summed E-state index contributed by atoms with van der Waals surface area (Å²) in [5, 5.41) is 10.3. The van der Waals surface area contributed by atoms with Crippen molar-refractivity contribution in [3.63, 3.8) is 0 Å². The van der Waals surface area contributed by atoms with Crippen molar-refractivity contribution in [2.45, 2.75) is 62.5 Å². The molecule has 0 spiro atoms. The van der Waals surface area contributed by atoms with Crippen LogP contribution in [0, 0.1) is 0 Å². The number of benzene rings is 1. The number of carbonyl (C=O) groups is 3. The Morgan fingerprint density at radius 1 is 1.02 bits per heavy atom. The van der Waals surface area contributed by atoms with E-state index in [4.69, 9.17) is 4.42 Å². The molecule has 212 valence electrons. The number of piperidine rings is 1. The number of sulfone groups is 1. The minimum Gasteiger partial charge on any atom is -0.414 e. The van der Waals surface area contributed by atoms with Gasteiger partial charge in [0.15, 0.2) is 14.6 Å². The largest absolute Gasteiger partial charge is 0.414 e. The second-order valence-electron chi connectivity index (χ2n) is 10.0. The van der Waals surface area contributed by atoms with E-state index in [0.717, 1.165) is 19.3 Å². The van der Waals surface area contributed by atoms with Gasteiger partial charge in [-0.15, -0.1) is 10.2 Å². The van der Waals surface area contributed by atoms with Gasteiger partial charge in [0, 0.05) is 31.0 Å². The zero-order valence-electron chi connectivity index (χ0n) is 22.6. The van der Waals surface area contributed by atoms with Gasteiger partial charge in [0.2, 0.25) is 23.5 Å². The molecule has 1 aromatic carbocycles. The molecule has 2 aromatic heterocycles. The Kier molecular flexibility index (Phi) is 9.08. The molecule has 11 nitrogen and oxygen atoms in total. The van der Waals surface area contributed by atoms with E-state index in [0.29, 0.717) is 24.2 Å². The van der Waals surface area contributed by atoms with Gasteiger partial charge in [-0.25, -0.2) is 8.42 Å². The van der Waals surface area contributed by atoms with Gasteiger partial charge in [0.25, 0.3) is 5.89 Å². The first-order valence-corrected chi connectivity index (χ1v) is 14.9. The van der Waals surface area contributed by atoms with Gasteiger partial charge in [-0.3, -0.25) is 19.4 Å². The summed E-state index contributed by atoms with van der Waals surface area (Å²) in [6.45, 7) is 3.95. The number of aromatic nitrogens is 3. The maximum atomic E-state index is 13.8. The molecular weight excluding hydrogens is 534 g/mol. The van der Waals surface area contributed by atoms with Gasteiger partial charge in [-0.2, -0.15) is 0 Å². The molecule has 3 heterocycles. The van der Waals surface area contributed by atoms with E-state index < -0.39 is 50.4 Å². The first-order valence-electron chi connectivity index (χ1n) is 13.3. The molecule has 2 amide bonds. The molecule has 2 atom stereocenters. The first-order chi connectivity index (χ1) is 19.1. The summed E-state index contributed by atoms with van der Waals surface area (Å²) in [5.74, 6) is -2.65.